The number of hydrogen-bond acceptors (Lipinski definition) is 6. The fourth-order valence-corrected chi connectivity index (χ4v) is 6.64. The van der Waals surface area contributed by atoms with Crippen molar-refractivity contribution < 1.29 is 13.2 Å². The summed E-state index contributed by atoms with van der Waals surface area (Å²) in [5.74, 6) is 1.02. The predicted molar refractivity (Wildman–Crippen MR) is 115 cm³/mol. The van der Waals surface area contributed by atoms with E-state index in [1.54, 1.807) is 0 Å². The number of carbonyl (C=O) groups excluding carboxylic acids is 1. The maximum absolute atomic E-state index is 12.6. The van der Waals surface area contributed by atoms with Crippen LogP contribution >= 0.6 is 11.8 Å². The summed E-state index contributed by atoms with van der Waals surface area (Å²) in [6.07, 6.45) is 2.56. The van der Waals surface area contributed by atoms with Crippen molar-refractivity contribution in [2.24, 2.45) is 7.05 Å². The lowest BCUT2D eigenvalue weighted by molar-refractivity contribution is -0.130. The first-order valence-electron chi connectivity index (χ1n) is 9.85. The summed E-state index contributed by atoms with van der Waals surface area (Å²) in [5.41, 5.74) is 2.13. The zero-order valence-electron chi connectivity index (χ0n) is 16.5. The van der Waals surface area contributed by atoms with Crippen molar-refractivity contribution in [2.45, 2.75) is 17.6 Å². The molecule has 2 aliphatic heterocycles. The van der Waals surface area contributed by atoms with Crippen molar-refractivity contribution >= 4 is 27.5 Å². The van der Waals surface area contributed by atoms with Crippen molar-refractivity contribution in [1.29, 1.82) is 0 Å². The molecule has 2 saturated heterocycles. The molecule has 29 heavy (non-hydrogen) atoms. The highest BCUT2D eigenvalue weighted by atomic mass is 32.2. The molecule has 0 aliphatic carbocycles. The number of imidazole rings is 1. The molecule has 7 nitrogen and oxygen atoms in total. The Balaban J connectivity index is 1.28. The van der Waals surface area contributed by atoms with E-state index in [0.717, 1.165) is 35.9 Å². The number of sulfone groups is 1. The van der Waals surface area contributed by atoms with Gasteiger partial charge in [0.05, 0.1) is 29.1 Å². The summed E-state index contributed by atoms with van der Waals surface area (Å²) in [6, 6.07) is 10.2. The quantitative estimate of drug-likeness (QED) is 0.664. The van der Waals surface area contributed by atoms with Crippen LogP contribution in [-0.4, -0.2) is 83.2 Å². The van der Waals surface area contributed by atoms with E-state index in [1.165, 1.54) is 11.8 Å². The molecule has 9 heteroatoms. The Morgan fingerprint density at radius 1 is 1.17 bits per heavy atom. The lowest BCUT2D eigenvalue weighted by Crippen LogP contribution is -2.52. The summed E-state index contributed by atoms with van der Waals surface area (Å²) in [6.45, 7) is 2.81. The van der Waals surface area contributed by atoms with E-state index >= 15 is 0 Å². The minimum absolute atomic E-state index is 0.109. The normalized spacial score (nSPS) is 22.1. The lowest BCUT2D eigenvalue weighted by atomic mass is 10.2. The van der Waals surface area contributed by atoms with Crippen molar-refractivity contribution in [3.8, 4) is 11.3 Å². The summed E-state index contributed by atoms with van der Waals surface area (Å²) < 4.78 is 25.4. The molecule has 0 radical (unpaired) electrons. The minimum atomic E-state index is -2.87. The summed E-state index contributed by atoms with van der Waals surface area (Å²) in [7, 11) is -0.902. The van der Waals surface area contributed by atoms with Gasteiger partial charge in [-0.3, -0.25) is 9.69 Å². The summed E-state index contributed by atoms with van der Waals surface area (Å²) >= 11 is 1.46. The highest BCUT2D eigenvalue weighted by Gasteiger charge is 2.34. The Bertz CT molecular complexity index is 967. The van der Waals surface area contributed by atoms with Crippen molar-refractivity contribution in [1.82, 2.24) is 19.4 Å². The fraction of sp³-hybridized carbons (Fsp3) is 0.500. The van der Waals surface area contributed by atoms with Gasteiger partial charge in [0.1, 0.15) is 0 Å². The Hall–Kier alpha value is -1.84. The second-order valence-corrected chi connectivity index (χ2v) is 10.8. The average Bonchev–Trinajstić information content (AvgIpc) is 3.28. The highest BCUT2D eigenvalue weighted by molar-refractivity contribution is 7.99. The SMILES string of the molecule is Cn1c(-c2ccccc2)cnc1SCC(=O)N1CCN(C2CCS(=O)(=O)C2)CC1. The molecule has 0 N–H and O–H groups in total. The number of thioether (sulfide) groups is 1. The number of amides is 1. The number of benzene rings is 1. The molecule has 0 saturated carbocycles. The second kappa shape index (κ2) is 8.49. The van der Waals surface area contributed by atoms with Gasteiger partial charge in [0.25, 0.3) is 0 Å². The summed E-state index contributed by atoms with van der Waals surface area (Å²) in [5, 5.41) is 0.826. The number of piperazine rings is 1. The van der Waals surface area contributed by atoms with Crippen LogP contribution in [0.2, 0.25) is 0 Å². The zero-order chi connectivity index (χ0) is 20.4. The average molecular weight is 435 g/mol. The van der Waals surface area contributed by atoms with Crippen LogP contribution in [0.4, 0.5) is 0 Å². The standard InChI is InChI=1S/C20H26N4O3S2/c1-22-18(16-5-3-2-4-6-16)13-21-20(22)28-14-19(25)24-10-8-23(9-11-24)17-7-12-29(26,27)15-17/h2-6,13,17H,7-12,14-15H2,1H3. The van der Waals surface area contributed by atoms with Gasteiger partial charge in [-0.1, -0.05) is 42.1 Å². The van der Waals surface area contributed by atoms with Crippen LogP contribution in [0.15, 0.2) is 41.7 Å². The molecule has 1 aromatic heterocycles. The van der Waals surface area contributed by atoms with Gasteiger partial charge in [-0.25, -0.2) is 13.4 Å². The second-order valence-electron chi connectivity index (χ2n) is 7.61. The third-order valence-corrected chi connectivity index (χ3v) is 8.51. The Labute approximate surface area is 176 Å². The van der Waals surface area contributed by atoms with Gasteiger partial charge in [-0.15, -0.1) is 0 Å². The van der Waals surface area contributed by atoms with Crippen LogP contribution in [0.5, 0.6) is 0 Å². The minimum Gasteiger partial charge on any atom is -0.339 e. The maximum atomic E-state index is 12.6. The van der Waals surface area contributed by atoms with Crippen LogP contribution in [-0.2, 0) is 21.7 Å². The van der Waals surface area contributed by atoms with Gasteiger partial charge in [0.15, 0.2) is 15.0 Å². The molecule has 4 rings (SSSR count). The van der Waals surface area contributed by atoms with Gasteiger partial charge in [0, 0.05) is 39.3 Å². The largest absolute Gasteiger partial charge is 0.339 e. The van der Waals surface area contributed by atoms with E-state index in [1.807, 2.05) is 53.0 Å². The number of carbonyl (C=O) groups is 1. The third kappa shape index (κ3) is 4.67. The van der Waals surface area contributed by atoms with Crippen LogP contribution in [0, 0.1) is 0 Å². The first-order chi connectivity index (χ1) is 13.9. The highest BCUT2D eigenvalue weighted by Crippen LogP contribution is 2.25. The van der Waals surface area contributed by atoms with E-state index < -0.39 is 9.84 Å². The first kappa shape index (κ1) is 20.4. The van der Waals surface area contributed by atoms with Crippen LogP contribution in [0.1, 0.15) is 6.42 Å². The molecule has 3 heterocycles. The molecule has 1 amide bonds. The molecule has 156 valence electrons. The number of hydrogen-bond donors (Lipinski definition) is 0. The third-order valence-electron chi connectivity index (χ3n) is 5.73. The van der Waals surface area contributed by atoms with Crippen LogP contribution < -0.4 is 0 Å². The summed E-state index contributed by atoms with van der Waals surface area (Å²) in [4.78, 5) is 21.2. The molecule has 1 unspecified atom stereocenters. The molecule has 2 aliphatic rings. The molecule has 0 spiro atoms. The van der Waals surface area contributed by atoms with Crippen LogP contribution in [0.3, 0.4) is 0 Å². The molecule has 2 fully saturated rings. The van der Waals surface area contributed by atoms with Gasteiger partial charge in [-0.05, 0) is 12.0 Å². The molecule has 0 bridgehead atoms. The number of aromatic nitrogens is 2. The van der Waals surface area contributed by atoms with Crippen LogP contribution in [0.25, 0.3) is 11.3 Å². The molecule has 2 aromatic rings. The van der Waals surface area contributed by atoms with Crippen molar-refractivity contribution in [3.63, 3.8) is 0 Å². The monoisotopic (exact) mass is 434 g/mol. The van der Waals surface area contributed by atoms with E-state index in [9.17, 15) is 13.2 Å². The van der Waals surface area contributed by atoms with Gasteiger partial charge in [-0.2, -0.15) is 0 Å². The Morgan fingerprint density at radius 3 is 2.55 bits per heavy atom. The van der Waals surface area contributed by atoms with E-state index in [0.29, 0.717) is 24.6 Å². The van der Waals surface area contributed by atoms with E-state index in [-0.39, 0.29) is 17.7 Å². The fourth-order valence-electron chi connectivity index (χ4n) is 4.02. The van der Waals surface area contributed by atoms with Gasteiger partial charge < -0.3 is 9.47 Å². The van der Waals surface area contributed by atoms with Crippen molar-refractivity contribution in [2.75, 3.05) is 43.4 Å². The predicted octanol–water partition coefficient (Wildman–Crippen LogP) is 1.51. The number of rotatable bonds is 5. The zero-order valence-corrected chi connectivity index (χ0v) is 18.2. The van der Waals surface area contributed by atoms with E-state index in [2.05, 4.69) is 9.88 Å². The Morgan fingerprint density at radius 2 is 1.90 bits per heavy atom. The lowest BCUT2D eigenvalue weighted by Gasteiger charge is -2.37. The molecular weight excluding hydrogens is 408 g/mol. The molecule has 1 aromatic carbocycles. The number of nitrogens with zero attached hydrogens (tertiary/aromatic N) is 4. The maximum Gasteiger partial charge on any atom is 0.233 e. The van der Waals surface area contributed by atoms with Gasteiger partial charge in [0.2, 0.25) is 5.91 Å². The topological polar surface area (TPSA) is 75.5 Å². The molecule has 1 atom stereocenters. The van der Waals surface area contributed by atoms with E-state index in [4.69, 9.17) is 0 Å². The molecular formula is C20H26N4O3S2. The van der Waals surface area contributed by atoms with Crippen molar-refractivity contribution in [3.05, 3.63) is 36.5 Å². The Kier molecular flexibility index (Phi) is 5.98. The first-order valence-corrected chi connectivity index (χ1v) is 12.7. The smallest absolute Gasteiger partial charge is 0.233 e. The van der Waals surface area contributed by atoms with Gasteiger partial charge >= 0.3 is 0 Å².